The van der Waals surface area contributed by atoms with Crippen molar-refractivity contribution in [2.75, 3.05) is 5.32 Å². The Balaban J connectivity index is 1.61. The zero-order chi connectivity index (χ0) is 16.6. The third kappa shape index (κ3) is 4.22. The molecule has 1 heterocycles. The average molecular weight is 370 g/mol. The molecule has 0 radical (unpaired) electrons. The van der Waals surface area contributed by atoms with E-state index < -0.39 is 0 Å². The first kappa shape index (κ1) is 16.7. The SMILES string of the molecule is CC(C)Cc1nnc(NC(=O)C2CC2c2cc(Cl)cc(Cl)c2)s1. The Morgan fingerprint density at radius 3 is 2.65 bits per heavy atom. The smallest absolute Gasteiger partial charge is 0.229 e. The number of nitrogens with one attached hydrogen (secondary N) is 1. The molecule has 1 amide bonds. The number of carbonyl (C=O) groups is 1. The third-order valence-corrected chi connectivity index (χ3v) is 5.02. The van der Waals surface area contributed by atoms with Gasteiger partial charge in [-0.25, -0.2) is 0 Å². The summed E-state index contributed by atoms with van der Waals surface area (Å²) in [4.78, 5) is 12.3. The maximum absolute atomic E-state index is 12.3. The Labute approximate surface area is 149 Å². The lowest BCUT2D eigenvalue weighted by Crippen LogP contribution is -2.14. The van der Waals surface area contributed by atoms with Crippen LogP contribution in [0.5, 0.6) is 0 Å². The molecule has 7 heteroatoms. The maximum atomic E-state index is 12.3. The van der Waals surface area contributed by atoms with Crippen LogP contribution in [0, 0.1) is 11.8 Å². The van der Waals surface area contributed by atoms with Crippen molar-refractivity contribution in [1.29, 1.82) is 0 Å². The molecule has 3 rings (SSSR count). The molecule has 0 bridgehead atoms. The van der Waals surface area contributed by atoms with Gasteiger partial charge in [0.05, 0.1) is 0 Å². The molecule has 1 saturated carbocycles. The summed E-state index contributed by atoms with van der Waals surface area (Å²) in [7, 11) is 0. The molecule has 122 valence electrons. The molecule has 0 aliphatic heterocycles. The van der Waals surface area contributed by atoms with Crippen LogP contribution in [0.4, 0.5) is 5.13 Å². The number of benzene rings is 1. The summed E-state index contributed by atoms with van der Waals surface area (Å²) in [6.07, 6.45) is 1.68. The highest BCUT2D eigenvalue weighted by Crippen LogP contribution is 2.49. The van der Waals surface area contributed by atoms with E-state index in [-0.39, 0.29) is 17.7 Å². The fraction of sp³-hybridized carbons (Fsp3) is 0.438. The largest absolute Gasteiger partial charge is 0.300 e. The molecule has 2 unspecified atom stereocenters. The number of aromatic nitrogens is 2. The van der Waals surface area contributed by atoms with Crippen LogP contribution in [-0.4, -0.2) is 16.1 Å². The molecule has 2 atom stereocenters. The standard InChI is InChI=1S/C16H17Cl2N3OS/c1-8(2)3-14-20-21-16(23-14)19-15(22)13-7-12(13)9-4-10(17)6-11(18)5-9/h4-6,8,12-13H,3,7H2,1-2H3,(H,19,21,22). The molecule has 1 aromatic heterocycles. The minimum Gasteiger partial charge on any atom is -0.300 e. The molecule has 1 aliphatic rings. The second kappa shape index (κ2) is 6.75. The van der Waals surface area contributed by atoms with Gasteiger partial charge in [0.15, 0.2) is 0 Å². The fourth-order valence-corrected chi connectivity index (χ4v) is 4.07. The third-order valence-electron chi connectivity index (χ3n) is 3.72. The predicted molar refractivity (Wildman–Crippen MR) is 94.4 cm³/mol. The van der Waals surface area contributed by atoms with Gasteiger partial charge in [-0.05, 0) is 42.0 Å². The van der Waals surface area contributed by atoms with Crippen LogP contribution in [0.2, 0.25) is 10.0 Å². The summed E-state index contributed by atoms with van der Waals surface area (Å²) in [5.41, 5.74) is 1.01. The van der Waals surface area contributed by atoms with Gasteiger partial charge in [0, 0.05) is 22.4 Å². The number of hydrogen-bond acceptors (Lipinski definition) is 4. The van der Waals surface area contributed by atoms with E-state index in [1.807, 2.05) is 12.1 Å². The van der Waals surface area contributed by atoms with Crippen LogP contribution in [-0.2, 0) is 11.2 Å². The molecule has 23 heavy (non-hydrogen) atoms. The van der Waals surface area contributed by atoms with E-state index in [4.69, 9.17) is 23.2 Å². The van der Waals surface area contributed by atoms with Gasteiger partial charge in [-0.15, -0.1) is 10.2 Å². The van der Waals surface area contributed by atoms with Crippen LogP contribution in [0.3, 0.4) is 0 Å². The molecule has 1 fully saturated rings. The number of anilines is 1. The van der Waals surface area contributed by atoms with Crippen molar-refractivity contribution in [2.24, 2.45) is 11.8 Å². The number of halogens is 2. The molecule has 1 aliphatic carbocycles. The van der Waals surface area contributed by atoms with Gasteiger partial charge >= 0.3 is 0 Å². The normalized spacial score (nSPS) is 19.9. The van der Waals surface area contributed by atoms with E-state index in [1.54, 1.807) is 6.07 Å². The van der Waals surface area contributed by atoms with Gasteiger partial charge < -0.3 is 5.32 Å². The van der Waals surface area contributed by atoms with E-state index in [0.717, 1.165) is 23.4 Å². The summed E-state index contributed by atoms with van der Waals surface area (Å²) in [5.74, 6) is 0.626. The van der Waals surface area contributed by atoms with E-state index in [9.17, 15) is 4.79 Å². The second-order valence-electron chi connectivity index (χ2n) is 6.24. The molecule has 4 nitrogen and oxygen atoms in total. The van der Waals surface area contributed by atoms with Crippen molar-refractivity contribution in [3.05, 3.63) is 38.8 Å². The minimum atomic E-state index is -0.0537. The highest BCUT2D eigenvalue weighted by Gasteiger charge is 2.44. The van der Waals surface area contributed by atoms with Gasteiger partial charge in [0.1, 0.15) is 5.01 Å². The van der Waals surface area contributed by atoms with Crippen molar-refractivity contribution in [3.63, 3.8) is 0 Å². The number of nitrogens with zero attached hydrogens (tertiary/aromatic N) is 2. The summed E-state index contributed by atoms with van der Waals surface area (Å²) in [5, 5.41) is 13.7. The lowest BCUT2D eigenvalue weighted by atomic mass is 10.1. The van der Waals surface area contributed by atoms with E-state index in [2.05, 4.69) is 29.4 Å². The highest BCUT2D eigenvalue weighted by molar-refractivity contribution is 7.15. The number of rotatable bonds is 5. The average Bonchev–Trinajstić information content (AvgIpc) is 3.14. The van der Waals surface area contributed by atoms with E-state index in [0.29, 0.717) is 21.1 Å². The van der Waals surface area contributed by atoms with Crippen molar-refractivity contribution in [1.82, 2.24) is 10.2 Å². The monoisotopic (exact) mass is 369 g/mol. The van der Waals surface area contributed by atoms with Crippen LogP contribution in [0.15, 0.2) is 18.2 Å². The zero-order valence-electron chi connectivity index (χ0n) is 12.8. The van der Waals surface area contributed by atoms with Crippen molar-refractivity contribution >= 4 is 45.6 Å². The lowest BCUT2D eigenvalue weighted by Gasteiger charge is -2.03. The Kier molecular flexibility index (Phi) is 4.90. The first-order chi connectivity index (χ1) is 10.9. The molecular weight excluding hydrogens is 353 g/mol. The van der Waals surface area contributed by atoms with Crippen LogP contribution < -0.4 is 5.32 Å². The summed E-state index contributed by atoms with van der Waals surface area (Å²) < 4.78 is 0. The van der Waals surface area contributed by atoms with Gasteiger partial charge in [0.2, 0.25) is 11.0 Å². The fourth-order valence-electron chi connectivity index (χ4n) is 2.58. The number of amides is 1. The van der Waals surface area contributed by atoms with Gasteiger partial charge in [-0.1, -0.05) is 48.4 Å². The molecule has 2 aromatic rings. The first-order valence-electron chi connectivity index (χ1n) is 7.51. The van der Waals surface area contributed by atoms with Crippen molar-refractivity contribution in [3.8, 4) is 0 Å². The van der Waals surface area contributed by atoms with Crippen molar-refractivity contribution < 1.29 is 4.79 Å². The molecule has 0 spiro atoms. The second-order valence-corrected chi connectivity index (χ2v) is 8.17. The quantitative estimate of drug-likeness (QED) is 0.824. The van der Waals surface area contributed by atoms with Gasteiger partial charge in [0.25, 0.3) is 0 Å². The summed E-state index contributed by atoms with van der Waals surface area (Å²) >= 11 is 13.5. The van der Waals surface area contributed by atoms with Crippen LogP contribution in [0.25, 0.3) is 0 Å². The molecule has 0 saturated heterocycles. The van der Waals surface area contributed by atoms with Crippen LogP contribution >= 0.6 is 34.5 Å². The molecule has 1 aromatic carbocycles. The predicted octanol–water partition coefficient (Wildman–Crippen LogP) is 4.79. The van der Waals surface area contributed by atoms with E-state index in [1.165, 1.54) is 11.3 Å². The van der Waals surface area contributed by atoms with Crippen LogP contribution in [0.1, 0.15) is 36.8 Å². The summed E-state index contributed by atoms with van der Waals surface area (Å²) in [6.45, 7) is 4.26. The minimum absolute atomic E-state index is 0.0154. The lowest BCUT2D eigenvalue weighted by molar-refractivity contribution is -0.117. The molecular formula is C16H17Cl2N3OS. The Morgan fingerprint density at radius 1 is 1.30 bits per heavy atom. The van der Waals surface area contributed by atoms with Gasteiger partial charge in [-0.3, -0.25) is 4.79 Å². The zero-order valence-corrected chi connectivity index (χ0v) is 15.2. The summed E-state index contributed by atoms with van der Waals surface area (Å²) in [6, 6.07) is 5.44. The number of carbonyl (C=O) groups excluding carboxylic acids is 1. The van der Waals surface area contributed by atoms with Crippen molar-refractivity contribution in [2.45, 2.75) is 32.6 Å². The molecule has 1 N–H and O–H groups in total. The topological polar surface area (TPSA) is 54.9 Å². The highest BCUT2D eigenvalue weighted by atomic mass is 35.5. The Morgan fingerprint density at radius 2 is 2.00 bits per heavy atom. The number of hydrogen-bond donors (Lipinski definition) is 1. The Bertz CT molecular complexity index is 712. The van der Waals surface area contributed by atoms with E-state index >= 15 is 0 Å². The Hall–Kier alpha value is -1.17. The van der Waals surface area contributed by atoms with Gasteiger partial charge in [-0.2, -0.15) is 0 Å². The first-order valence-corrected chi connectivity index (χ1v) is 9.09. The maximum Gasteiger partial charge on any atom is 0.229 e.